The summed E-state index contributed by atoms with van der Waals surface area (Å²) in [6.07, 6.45) is 3.52. The molecule has 86 valence electrons. The summed E-state index contributed by atoms with van der Waals surface area (Å²) in [7, 11) is 0. The zero-order valence-electron chi connectivity index (χ0n) is 9.95. The molecule has 0 amide bonds. The normalized spacial score (nSPS) is 20.8. The van der Waals surface area contributed by atoms with E-state index in [1.54, 1.807) is 0 Å². The SMILES string of the molecule is Cc1cc(C)cc(C(=O)C2CCCCS2)c1. The van der Waals surface area contributed by atoms with Gasteiger partial charge in [-0.1, -0.05) is 23.6 Å². The molecule has 0 N–H and O–H groups in total. The van der Waals surface area contributed by atoms with Crippen LogP contribution in [0, 0.1) is 13.8 Å². The van der Waals surface area contributed by atoms with Gasteiger partial charge in [-0.05, 0) is 44.6 Å². The maximum atomic E-state index is 12.3. The molecule has 1 aliphatic heterocycles. The van der Waals surface area contributed by atoms with Crippen molar-refractivity contribution in [3.8, 4) is 0 Å². The molecule has 0 aromatic heterocycles. The summed E-state index contributed by atoms with van der Waals surface area (Å²) in [4.78, 5) is 12.3. The molecule has 16 heavy (non-hydrogen) atoms. The van der Waals surface area contributed by atoms with Crippen molar-refractivity contribution in [2.45, 2.75) is 38.4 Å². The summed E-state index contributed by atoms with van der Waals surface area (Å²) < 4.78 is 0. The van der Waals surface area contributed by atoms with E-state index in [9.17, 15) is 4.79 Å². The Bertz CT molecular complexity index is 371. The molecule has 1 fully saturated rings. The van der Waals surface area contributed by atoms with Crippen molar-refractivity contribution in [3.63, 3.8) is 0 Å². The van der Waals surface area contributed by atoms with Gasteiger partial charge in [-0.15, -0.1) is 0 Å². The van der Waals surface area contributed by atoms with Gasteiger partial charge in [0, 0.05) is 5.56 Å². The fourth-order valence-corrected chi connectivity index (χ4v) is 3.53. The lowest BCUT2D eigenvalue weighted by Gasteiger charge is -2.20. The number of aryl methyl sites for hydroxylation is 2. The maximum absolute atomic E-state index is 12.3. The highest BCUT2D eigenvalue weighted by molar-refractivity contribution is 8.00. The number of carbonyl (C=O) groups excluding carboxylic acids is 1. The van der Waals surface area contributed by atoms with Crippen LogP contribution in [-0.2, 0) is 0 Å². The molecule has 0 bridgehead atoms. The first-order chi connectivity index (χ1) is 7.66. The van der Waals surface area contributed by atoms with E-state index in [1.165, 1.54) is 24.0 Å². The third-order valence-electron chi connectivity index (χ3n) is 2.98. The molecule has 0 aliphatic carbocycles. The monoisotopic (exact) mass is 234 g/mol. The number of carbonyl (C=O) groups is 1. The molecular weight excluding hydrogens is 216 g/mol. The van der Waals surface area contributed by atoms with Gasteiger partial charge < -0.3 is 0 Å². The Kier molecular flexibility index (Phi) is 3.70. The first-order valence-electron chi connectivity index (χ1n) is 5.91. The van der Waals surface area contributed by atoms with Crippen molar-refractivity contribution in [2.24, 2.45) is 0 Å². The first kappa shape index (κ1) is 11.7. The molecule has 0 spiro atoms. The molecule has 1 saturated heterocycles. The van der Waals surface area contributed by atoms with Gasteiger partial charge >= 0.3 is 0 Å². The van der Waals surface area contributed by atoms with Crippen molar-refractivity contribution >= 4 is 17.5 Å². The van der Waals surface area contributed by atoms with Gasteiger partial charge in [-0.3, -0.25) is 4.79 Å². The summed E-state index contributed by atoms with van der Waals surface area (Å²) in [5.74, 6) is 1.47. The second-order valence-corrected chi connectivity index (χ2v) is 5.91. The third kappa shape index (κ3) is 2.67. The van der Waals surface area contributed by atoms with Crippen molar-refractivity contribution in [3.05, 3.63) is 34.9 Å². The van der Waals surface area contributed by atoms with Crippen LogP contribution in [0.25, 0.3) is 0 Å². The van der Waals surface area contributed by atoms with E-state index in [1.807, 2.05) is 23.9 Å². The van der Waals surface area contributed by atoms with E-state index in [4.69, 9.17) is 0 Å². The molecule has 2 heteroatoms. The van der Waals surface area contributed by atoms with Crippen molar-refractivity contribution in [2.75, 3.05) is 5.75 Å². The molecule has 2 rings (SSSR count). The standard InChI is InChI=1S/C14H18OS/c1-10-7-11(2)9-12(8-10)14(15)13-5-3-4-6-16-13/h7-9,13H,3-6H2,1-2H3. The molecule has 1 atom stereocenters. The Labute approximate surface area is 102 Å². The zero-order valence-corrected chi connectivity index (χ0v) is 10.8. The largest absolute Gasteiger partial charge is 0.293 e. The highest BCUT2D eigenvalue weighted by Gasteiger charge is 2.22. The molecule has 1 heterocycles. The van der Waals surface area contributed by atoms with Gasteiger partial charge in [0.25, 0.3) is 0 Å². The van der Waals surface area contributed by atoms with Gasteiger partial charge in [0.2, 0.25) is 0 Å². The number of rotatable bonds is 2. The minimum Gasteiger partial charge on any atom is -0.293 e. The van der Waals surface area contributed by atoms with Crippen molar-refractivity contribution in [1.29, 1.82) is 0 Å². The van der Waals surface area contributed by atoms with Crippen LogP contribution in [-0.4, -0.2) is 16.8 Å². The molecule has 1 unspecified atom stereocenters. The summed E-state index contributed by atoms with van der Waals surface area (Å²) in [6.45, 7) is 4.11. The Balaban J connectivity index is 2.19. The van der Waals surface area contributed by atoms with Crippen LogP contribution in [0.15, 0.2) is 18.2 Å². The molecule has 1 aromatic rings. The number of ketones is 1. The Morgan fingerprint density at radius 3 is 2.44 bits per heavy atom. The van der Waals surface area contributed by atoms with Gasteiger partial charge in [0.15, 0.2) is 5.78 Å². The molecule has 1 aromatic carbocycles. The lowest BCUT2D eigenvalue weighted by Crippen LogP contribution is -2.21. The average Bonchev–Trinajstić information content (AvgIpc) is 2.28. The molecule has 1 nitrogen and oxygen atoms in total. The second-order valence-electron chi connectivity index (χ2n) is 4.60. The summed E-state index contributed by atoms with van der Waals surface area (Å²) in [6, 6.07) is 6.15. The summed E-state index contributed by atoms with van der Waals surface area (Å²) in [5, 5.41) is 0.204. The van der Waals surface area contributed by atoms with Crippen LogP contribution < -0.4 is 0 Å². The van der Waals surface area contributed by atoms with Crippen LogP contribution in [0.4, 0.5) is 0 Å². The van der Waals surface area contributed by atoms with Gasteiger partial charge in [-0.2, -0.15) is 11.8 Å². The van der Waals surface area contributed by atoms with E-state index in [2.05, 4.69) is 19.9 Å². The van der Waals surface area contributed by atoms with Gasteiger partial charge in [0.05, 0.1) is 5.25 Å². The van der Waals surface area contributed by atoms with Crippen molar-refractivity contribution < 1.29 is 4.79 Å². The second kappa shape index (κ2) is 5.05. The fourth-order valence-electron chi connectivity index (χ4n) is 2.25. The topological polar surface area (TPSA) is 17.1 Å². The van der Waals surface area contributed by atoms with E-state index in [0.29, 0.717) is 5.78 Å². The number of hydrogen-bond acceptors (Lipinski definition) is 2. The predicted molar refractivity (Wildman–Crippen MR) is 70.3 cm³/mol. The molecule has 0 saturated carbocycles. The maximum Gasteiger partial charge on any atom is 0.175 e. The molecular formula is C14H18OS. The lowest BCUT2D eigenvalue weighted by atomic mass is 10.00. The van der Waals surface area contributed by atoms with E-state index in [0.717, 1.165) is 17.7 Å². The number of thioether (sulfide) groups is 1. The van der Waals surface area contributed by atoms with Crippen molar-refractivity contribution in [1.82, 2.24) is 0 Å². The van der Waals surface area contributed by atoms with Gasteiger partial charge in [0.1, 0.15) is 0 Å². The Hall–Kier alpha value is -0.760. The highest BCUT2D eigenvalue weighted by Crippen LogP contribution is 2.28. The predicted octanol–water partition coefficient (Wildman–Crippen LogP) is 3.77. The summed E-state index contributed by atoms with van der Waals surface area (Å²) in [5.41, 5.74) is 3.27. The quantitative estimate of drug-likeness (QED) is 0.725. The van der Waals surface area contributed by atoms with Crippen LogP contribution in [0.5, 0.6) is 0 Å². The van der Waals surface area contributed by atoms with Crippen LogP contribution in [0.2, 0.25) is 0 Å². The third-order valence-corrected chi connectivity index (χ3v) is 4.35. The fraction of sp³-hybridized carbons (Fsp3) is 0.500. The number of hydrogen-bond donors (Lipinski definition) is 0. The Morgan fingerprint density at radius 1 is 1.19 bits per heavy atom. The number of Topliss-reactive ketones (excluding diaryl/α,β-unsaturated/α-hetero) is 1. The van der Waals surface area contributed by atoms with Crippen LogP contribution >= 0.6 is 11.8 Å². The van der Waals surface area contributed by atoms with Gasteiger partial charge in [-0.25, -0.2) is 0 Å². The highest BCUT2D eigenvalue weighted by atomic mass is 32.2. The lowest BCUT2D eigenvalue weighted by molar-refractivity contribution is 0.0984. The Morgan fingerprint density at radius 2 is 1.88 bits per heavy atom. The summed E-state index contributed by atoms with van der Waals surface area (Å²) >= 11 is 1.83. The van der Waals surface area contributed by atoms with E-state index in [-0.39, 0.29) is 5.25 Å². The zero-order chi connectivity index (χ0) is 11.5. The first-order valence-corrected chi connectivity index (χ1v) is 6.96. The average molecular weight is 234 g/mol. The minimum absolute atomic E-state index is 0.204. The minimum atomic E-state index is 0.204. The number of benzene rings is 1. The smallest absolute Gasteiger partial charge is 0.175 e. The van der Waals surface area contributed by atoms with Crippen LogP contribution in [0.1, 0.15) is 40.7 Å². The van der Waals surface area contributed by atoms with E-state index >= 15 is 0 Å². The molecule has 0 radical (unpaired) electrons. The van der Waals surface area contributed by atoms with E-state index < -0.39 is 0 Å². The molecule has 1 aliphatic rings. The van der Waals surface area contributed by atoms with Crippen LogP contribution in [0.3, 0.4) is 0 Å².